The van der Waals surface area contributed by atoms with Crippen LogP contribution in [-0.4, -0.2) is 6.04 Å². The Balaban J connectivity index is 2.26. The lowest BCUT2D eigenvalue weighted by molar-refractivity contribution is 0.406. The van der Waals surface area contributed by atoms with Gasteiger partial charge in [0, 0.05) is 10.5 Å². The van der Waals surface area contributed by atoms with Gasteiger partial charge in [-0.1, -0.05) is 15.9 Å². The Morgan fingerprint density at radius 2 is 1.70 bits per heavy atom. The third-order valence-electron chi connectivity index (χ3n) is 2.65. The number of halogens is 3. The molecule has 0 bridgehead atoms. The molecule has 0 aromatic heterocycles. The fraction of sp³-hybridized carbons (Fsp3) is 0.200. The molecule has 2 aromatic rings. The fourth-order valence-corrected chi connectivity index (χ4v) is 2.08. The lowest BCUT2D eigenvalue weighted by Crippen LogP contribution is -2.18. The molecule has 1 atom stereocenters. The summed E-state index contributed by atoms with van der Waals surface area (Å²) < 4.78 is 33.9. The smallest absolute Gasteiger partial charge is 0.198 e. The summed E-state index contributed by atoms with van der Waals surface area (Å²) in [6.07, 6.45) is 0.409. The second-order valence-corrected chi connectivity index (χ2v) is 5.54. The number of hydrogen-bond donors (Lipinski definition) is 1. The second kappa shape index (κ2) is 6.33. The molecule has 0 heterocycles. The Hall–Kier alpha value is -1.46. The van der Waals surface area contributed by atoms with Crippen LogP contribution >= 0.6 is 15.9 Å². The molecule has 0 aliphatic carbocycles. The zero-order chi connectivity index (χ0) is 14.7. The van der Waals surface area contributed by atoms with E-state index < -0.39 is 17.4 Å². The first-order chi connectivity index (χ1) is 9.45. The molecule has 0 radical (unpaired) electrons. The predicted molar refractivity (Wildman–Crippen MR) is 77.9 cm³/mol. The van der Waals surface area contributed by atoms with Crippen LogP contribution in [0.1, 0.15) is 12.5 Å². The van der Waals surface area contributed by atoms with Crippen molar-refractivity contribution < 1.29 is 13.5 Å². The Labute approximate surface area is 124 Å². The van der Waals surface area contributed by atoms with Crippen LogP contribution in [0, 0.1) is 11.6 Å². The van der Waals surface area contributed by atoms with Crippen LogP contribution in [0.3, 0.4) is 0 Å². The summed E-state index contributed by atoms with van der Waals surface area (Å²) in [6, 6.07) is 9.05. The van der Waals surface area contributed by atoms with Crippen molar-refractivity contribution >= 4 is 15.9 Å². The molecule has 2 aromatic carbocycles. The number of rotatable bonds is 4. The highest BCUT2D eigenvalue weighted by atomic mass is 79.9. The molecule has 106 valence electrons. The van der Waals surface area contributed by atoms with Crippen LogP contribution in [-0.2, 0) is 6.42 Å². The third kappa shape index (κ3) is 3.77. The van der Waals surface area contributed by atoms with E-state index in [-0.39, 0.29) is 6.04 Å². The SMILES string of the molecule is CC(N)Cc1cc(F)c(Oc2ccc(Br)cc2)c(F)c1. The molecule has 1 unspecified atom stereocenters. The van der Waals surface area contributed by atoms with E-state index in [1.165, 1.54) is 12.1 Å². The third-order valence-corrected chi connectivity index (χ3v) is 3.18. The van der Waals surface area contributed by atoms with Crippen LogP contribution in [0.4, 0.5) is 8.78 Å². The molecule has 0 saturated carbocycles. The highest BCUT2D eigenvalue weighted by Crippen LogP contribution is 2.29. The van der Waals surface area contributed by atoms with E-state index >= 15 is 0 Å². The molecule has 0 saturated heterocycles. The van der Waals surface area contributed by atoms with E-state index in [1.807, 2.05) is 0 Å². The summed E-state index contributed by atoms with van der Waals surface area (Å²) in [5.41, 5.74) is 6.13. The Morgan fingerprint density at radius 3 is 2.20 bits per heavy atom. The van der Waals surface area contributed by atoms with Gasteiger partial charge in [-0.25, -0.2) is 8.78 Å². The van der Waals surface area contributed by atoms with Gasteiger partial charge in [-0.2, -0.15) is 0 Å². The van der Waals surface area contributed by atoms with Crippen molar-refractivity contribution in [1.29, 1.82) is 0 Å². The van der Waals surface area contributed by atoms with Gasteiger partial charge in [0.25, 0.3) is 0 Å². The van der Waals surface area contributed by atoms with Crippen LogP contribution in [0.25, 0.3) is 0 Å². The maximum absolute atomic E-state index is 13.9. The van der Waals surface area contributed by atoms with Crippen LogP contribution in [0.2, 0.25) is 0 Å². The monoisotopic (exact) mass is 341 g/mol. The Kier molecular flexibility index (Phi) is 4.73. The quantitative estimate of drug-likeness (QED) is 0.893. The molecule has 2 rings (SSSR count). The number of ether oxygens (including phenoxy) is 1. The van der Waals surface area contributed by atoms with Crippen molar-refractivity contribution in [2.75, 3.05) is 0 Å². The predicted octanol–water partition coefficient (Wildman–Crippen LogP) is 4.41. The lowest BCUT2D eigenvalue weighted by Gasteiger charge is -2.11. The largest absolute Gasteiger partial charge is 0.451 e. The van der Waals surface area contributed by atoms with Crippen LogP contribution in [0.15, 0.2) is 40.9 Å². The van der Waals surface area contributed by atoms with Gasteiger partial charge in [-0.3, -0.25) is 0 Å². The van der Waals surface area contributed by atoms with E-state index in [0.717, 1.165) is 4.47 Å². The number of nitrogens with two attached hydrogens (primary N) is 1. The molecule has 5 heteroatoms. The Morgan fingerprint density at radius 1 is 1.15 bits per heavy atom. The van der Waals surface area contributed by atoms with E-state index in [4.69, 9.17) is 10.5 Å². The van der Waals surface area contributed by atoms with Gasteiger partial charge in [0.15, 0.2) is 17.4 Å². The highest BCUT2D eigenvalue weighted by Gasteiger charge is 2.14. The van der Waals surface area contributed by atoms with Crippen molar-refractivity contribution in [3.63, 3.8) is 0 Å². The second-order valence-electron chi connectivity index (χ2n) is 4.63. The molecule has 0 amide bonds. The summed E-state index contributed by atoms with van der Waals surface area (Å²) in [6.45, 7) is 1.78. The van der Waals surface area contributed by atoms with E-state index in [2.05, 4.69) is 15.9 Å². The normalized spacial score (nSPS) is 12.2. The van der Waals surface area contributed by atoms with Crippen LogP contribution in [0.5, 0.6) is 11.5 Å². The van der Waals surface area contributed by atoms with Gasteiger partial charge in [0.1, 0.15) is 5.75 Å². The maximum Gasteiger partial charge on any atom is 0.198 e. The van der Waals surface area contributed by atoms with Crippen LogP contribution < -0.4 is 10.5 Å². The standard InChI is InChI=1S/C15H14BrF2NO/c1-9(19)6-10-7-13(17)15(14(18)8-10)20-12-4-2-11(16)3-5-12/h2-5,7-9H,6,19H2,1H3. The zero-order valence-corrected chi connectivity index (χ0v) is 12.5. The van der Waals surface area contributed by atoms with Gasteiger partial charge in [-0.15, -0.1) is 0 Å². The molecule has 0 fully saturated rings. The molecule has 20 heavy (non-hydrogen) atoms. The zero-order valence-electron chi connectivity index (χ0n) is 10.9. The summed E-state index contributed by atoms with van der Waals surface area (Å²) in [4.78, 5) is 0. The van der Waals surface area contributed by atoms with Crippen molar-refractivity contribution in [3.05, 3.63) is 58.1 Å². The van der Waals surface area contributed by atoms with Crippen molar-refractivity contribution in [2.45, 2.75) is 19.4 Å². The molecule has 2 N–H and O–H groups in total. The lowest BCUT2D eigenvalue weighted by atomic mass is 10.1. The minimum absolute atomic E-state index is 0.160. The van der Waals surface area contributed by atoms with Crippen molar-refractivity contribution in [3.8, 4) is 11.5 Å². The van der Waals surface area contributed by atoms with Crippen molar-refractivity contribution in [2.24, 2.45) is 5.73 Å². The van der Waals surface area contributed by atoms with E-state index in [1.54, 1.807) is 31.2 Å². The first-order valence-electron chi connectivity index (χ1n) is 6.12. The first-order valence-corrected chi connectivity index (χ1v) is 6.92. The van der Waals surface area contributed by atoms with Gasteiger partial charge in [-0.05, 0) is 55.3 Å². The highest BCUT2D eigenvalue weighted by molar-refractivity contribution is 9.10. The summed E-state index contributed by atoms with van der Waals surface area (Å²) in [7, 11) is 0. The molecule has 0 aliphatic heterocycles. The van der Waals surface area contributed by atoms with E-state index in [9.17, 15) is 8.78 Å². The first kappa shape index (κ1) is 14.9. The van der Waals surface area contributed by atoms with Gasteiger partial charge < -0.3 is 10.5 Å². The number of benzene rings is 2. The Bertz CT molecular complexity index is 576. The van der Waals surface area contributed by atoms with Gasteiger partial charge in [0.05, 0.1) is 0 Å². The molecule has 0 aliphatic rings. The number of hydrogen-bond acceptors (Lipinski definition) is 2. The average Bonchev–Trinajstić information content (AvgIpc) is 2.35. The maximum atomic E-state index is 13.9. The average molecular weight is 342 g/mol. The topological polar surface area (TPSA) is 35.2 Å². The molecular formula is C15H14BrF2NO. The molecule has 2 nitrogen and oxygen atoms in total. The minimum Gasteiger partial charge on any atom is -0.451 e. The van der Waals surface area contributed by atoms with Gasteiger partial charge >= 0.3 is 0 Å². The summed E-state index contributed by atoms with van der Waals surface area (Å²) >= 11 is 3.28. The molecular weight excluding hydrogens is 328 g/mol. The fourth-order valence-electron chi connectivity index (χ4n) is 1.82. The molecule has 0 spiro atoms. The summed E-state index contributed by atoms with van der Waals surface area (Å²) in [5, 5.41) is 0. The minimum atomic E-state index is -0.733. The van der Waals surface area contributed by atoms with E-state index in [0.29, 0.717) is 17.7 Å². The van der Waals surface area contributed by atoms with Crippen molar-refractivity contribution in [1.82, 2.24) is 0 Å². The summed E-state index contributed by atoms with van der Waals surface area (Å²) in [5.74, 6) is -1.50. The van der Waals surface area contributed by atoms with Gasteiger partial charge in [0.2, 0.25) is 0 Å².